The van der Waals surface area contributed by atoms with Crippen LogP contribution in [0.2, 0.25) is 0 Å². The van der Waals surface area contributed by atoms with E-state index in [1.165, 1.54) is 12.1 Å². The first-order valence-electron chi connectivity index (χ1n) is 4.62. The van der Waals surface area contributed by atoms with E-state index in [0.717, 1.165) is 5.39 Å². The van der Waals surface area contributed by atoms with Crippen LogP contribution in [-0.2, 0) is 11.3 Å². The second-order valence-corrected chi connectivity index (χ2v) is 3.29. The number of rotatable bonds is 3. The third-order valence-electron chi connectivity index (χ3n) is 2.27. The van der Waals surface area contributed by atoms with Crippen molar-refractivity contribution in [3.8, 4) is 0 Å². The van der Waals surface area contributed by atoms with Gasteiger partial charge in [0.25, 0.3) is 0 Å². The Morgan fingerprint density at radius 1 is 1.53 bits per heavy atom. The zero-order valence-electron chi connectivity index (χ0n) is 8.40. The number of hydrogen-bond donors (Lipinski definition) is 1. The molecule has 0 aliphatic rings. The molecular formula is C10H12FN3O. The maximum atomic E-state index is 13.1. The van der Waals surface area contributed by atoms with Crippen molar-refractivity contribution in [2.75, 3.05) is 19.5 Å². The minimum Gasteiger partial charge on any atom is -0.398 e. The van der Waals surface area contributed by atoms with Crippen molar-refractivity contribution in [3.63, 3.8) is 0 Å². The summed E-state index contributed by atoms with van der Waals surface area (Å²) in [5.41, 5.74) is 6.78. The van der Waals surface area contributed by atoms with Crippen LogP contribution in [-0.4, -0.2) is 23.5 Å². The summed E-state index contributed by atoms with van der Waals surface area (Å²) in [6.45, 7) is 1.12. The molecule has 0 saturated carbocycles. The van der Waals surface area contributed by atoms with E-state index >= 15 is 0 Å². The van der Waals surface area contributed by atoms with Crippen molar-refractivity contribution in [3.05, 3.63) is 24.1 Å². The van der Waals surface area contributed by atoms with Gasteiger partial charge in [0.2, 0.25) is 0 Å². The molecule has 0 unspecified atom stereocenters. The number of nitrogen functional groups attached to an aromatic ring is 1. The molecule has 0 amide bonds. The fourth-order valence-corrected chi connectivity index (χ4v) is 1.52. The molecule has 1 aromatic heterocycles. The van der Waals surface area contributed by atoms with E-state index in [9.17, 15) is 4.39 Å². The van der Waals surface area contributed by atoms with Crippen LogP contribution in [0.25, 0.3) is 10.9 Å². The summed E-state index contributed by atoms with van der Waals surface area (Å²) in [4.78, 5) is 0. The van der Waals surface area contributed by atoms with E-state index in [-0.39, 0.29) is 5.82 Å². The maximum absolute atomic E-state index is 13.1. The van der Waals surface area contributed by atoms with Gasteiger partial charge in [0, 0.05) is 18.2 Å². The number of benzene rings is 1. The third kappa shape index (κ3) is 1.78. The van der Waals surface area contributed by atoms with Crippen LogP contribution in [0.4, 0.5) is 10.1 Å². The van der Waals surface area contributed by atoms with Crippen molar-refractivity contribution in [2.24, 2.45) is 0 Å². The molecule has 4 nitrogen and oxygen atoms in total. The zero-order chi connectivity index (χ0) is 10.8. The van der Waals surface area contributed by atoms with Gasteiger partial charge in [-0.15, -0.1) is 0 Å². The Kier molecular flexibility index (Phi) is 2.55. The first-order valence-corrected chi connectivity index (χ1v) is 4.62. The van der Waals surface area contributed by atoms with Crippen molar-refractivity contribution in [2.45, 2.75) is 6.54 Å². The molecule has 0 fully saturated rings. The summed E-state index contributed by atoms with van der Waals surface area (Å²) in [5.74, 6) is -0.348. The van der Waals surface area contributed by atoms with Gasteiger partial charge in [-0.2, -0.15) is 5.10 Å². The van der Waals surface area contributed by atoms with Gasteiger partial charge in [0.1, 0.15) is 5.82 Å². The van der Waals surface area contributed by atoms with Crippen LogP contribution in [0.5, 0.6) is 0 Å². The highest BCUT2D eigenvalue weighted by Crippen LogP contribution is 2.22. The number of aromatic nitrogens is 2. The summed E-state index contributed by atoms with van der Waals surface area (Å²) in [7, 11) is 1.61. The van der Waals surface area contributed by atoms with Gasteiger partial charge in [-0.05, 0) is 12.1 Å². The topological polar surface area (TPSA) is 53.1 Å². The van der Waals surface area contributed by atoms with Crippen LogP contribution in [0.1, 0.15) is 0 Å². The number of nitrogens with two attached hydrogens (primary N) is 1. The van der Waals surface area contributed by atoms with Crippen LogP contribution in [0, 0.1) is 5.82 Å². The van der Waals surface area contributed by atoms with Gasteiger partial charge < -0.3 is 10.5 Å². The van der Waals surface area contributed by atoms with E-state index in [1.54, 1.807) is 18.0 Å². The van der Waals surface area contributed by atoms with E-state index in [1.807, 2.05) is 0 Å². The molecule has 2 N–H and O–H groups in total. The Balaban J connectivity index is 2.49. The van der Waals surface area contributed by atoms with E-state index < -0.39 is 0 Å². The zero-order valence-corrected chi connectivity index (χ0v) is 8.40. The second-order valence-electron chi connectivity index (χ2n) is 3.29. The van der Waals surface area contributed by atoms with Crippen LogP contribution in [0.15, 0.2) is 18.3 Å². The number of ether oxygens (including phenoxy) is 1. The summed E-state index contributed by atoms with van der Waals surface area (Å²) < 4.78 is 19.7. The van der Waals surface area contributed by atoms with Crippen LogP contribution < -0.4 is 5.73 Å². The molecule has 0 atom stereocenters. The fraction of sp³-hybridized carbons (Fsp3) is 0.300. The molecular weight excluding hydrogens is 197 g/mol. The molecule has 0 aliphatic carbocycles. The van der Waals surface area contributed by atoms with Gasteiger partial charge >= 0.3 is 0 Å². The number of anilines is 1. The first kappa shape index (κ1) is 9.92. The molecule has 80 valence electrons. The summed E-state index contributed by atoms with van der Waals surface area (Å²) in [6.07, 6.45) is 1.64. The smallest absolute Gasteiger partial charge is 0.127 e. The molecule has 15 heavy (non-hydrogen) atoms. The van der Waals surface area contributed by atoms with Gasteiger partial charge in [0.05, 0.1) is 24.9 Å². The average Bonchev–Trinajstić information content (AvgIpc) is 2.58. The molecule has 0 bridgehead atoms. The SMILES string of the molecule is COCCn1ncc2c(N)cc(F)cc21. The lowest BCUT2D eigenvalue weighted by Crippen LogP contribution is -2.05. The normalized spacial score (nSPS) is 11.1. The second kappa shape index (κ2) is 3.86. The standard InChI is InChI=1S/C10H12FN3O/c1-15-3-2-14-10-5-7(11)4-9(12)8(10)6-13-14/h4-6H,2-3,12H2,1H3. The Bertz CT molecular complexity index is 481. The molecule has 1 heterocycles. The van der Waals surface area contributed by atoms with E-state index in [2.05, 4.69) is 5.10 Å². The van der Waals surface area contributed by atoms with Gasteiger partial charge in [0.15, 0.2) is 0 Å². The lowest BCUT2D eigenvalue weighted by atomic mass is 10.2. The predicted octanol–water partition coefficient (Wildman–Crippen LogP) is 1.40. The van der Waals surface area contributed by atoms with Gasteiger partial charge in [-0.1, -0.05) is 0 Å². The average molecular weight is 209 g/mol. The highest BCUT2D eigenvalue weighted by atomic mass is 19.1. The predicted molar refractivity (Wildman–Crippen MR) is 56.0 cm³/mol. The van der Waals surface area contributed by atoms with E-state index in [4.69, 9.17) is 10.5 Å². The van der Waals surface area contributed by atoms with Gasteiger partial charge in [-0.25, -0.2) is 4.39 Å². The maximum Gasteiger partial charge on any atom is 0.127 e. The lowest BCUT2D eigenvalue weighted by molar-refractivity contribution is 0.185. The molecule has 0 radical (unpaired) electrons. The molecule has 0 spiro atoms. The number of fused-ring (bicyclic) bond motifs is 1. The van der Waals surface area contributed by atoms with Crippen molar-refractivity contribution < 1.29 is 9.13 Å². The van der Waals surface area contributed by atoms with E-state index in [0.29, 0.717) is 24.4 Å². The Labute approximate surface area is 86.4 Å². The Morgan fingerprint density at radius 2 is 2.33 bits per heavy atom. The molecule has 5 heteroatoms. The van der Waals surface area contributed by atoms with Crippen molar-refractivity contribution >= 4 is 16.6 Å². The highest BCUT2D eigenvalue weighted by molar-refractivity contribution is 5.90. The number of methoxy groups -OCH3 is 1. The molecule has 1 aromatic carbocycles. The monoisotopic (exact) mass is 209 g/mol. The van der Waals surface area contributed by atoms with Gasteiger partial charge in [-0.3, -0.25) is 4.68 Å². The molecule has 2 aromatic rings. The Morgan fingerprint density at radius 3 is 3.07 bits per heavy atom. The minimum absolute atomic E-state index is 0.348. The third-order valence-corrected chi connectivity index (χ3v) is 2.27. The van der Waals surface area contributed by atoms with Crippen molar-refractivity contribution in [1.29, 1.82) is 0 Å². The minimum atomic E-state index is -0.348. The first-order chi connectivity index (χ1) is 7.22. The number of halogens is 1. The van der Waals surface area contributed by atoms with Crippen LogP contribution in [0.3, 0.4) is 0 Å². The summed E-state index contributed by atoms with van der Waals surface area (Å²) >= 11 is 0. The summed E-state index contributed by atoms with van der Waals surface area (Å²) in [6, 6.07) is 2.72. The quantitative estimate of drug-likeness (QED) is 0.777. The number of nitrogens with zero attached hydrogens (tertiary/aromatic N) is 2. The molecule has 2 rings (SSSR count). The van der Waals surface area contributed by atoms with Crippen molar-refractivity contribution in [1.82, 2.24) is 9.78 Å². The number of hydrogen-bond acceptors (Lipinski definition) is 3. The molecule has 0 saturated heterocycles. The molecule has 0 aliphatic heterocycles. The Hall–Kier alpha value is -1.62. The highest BCUT2D eigenvalue weighted by Gasteiger charge is 2.07. The summed E-state index contributed by atoms with van der Waals surface area (Å²) in [5, 5.41) is 4.90. The lowest BCUT2D eigenvalue weighted by Gasteiger charge is -2.03. The van der Waals surface area contributed by atoms with Crippen LogP contribution >= 0.6 is 0 Å². The largest absolute Gasteiger partial charge is 0.398 e. The fourth-order valence-electron chi connectivity index (χ4n) is 1.52.